The zero-order chi connectivity index (χ0) is 10.8. The maximum absolute atomic E-state index is 6.02. The van der Waals surface area contributed by atoms with Gasteiger partial charge < -0.3 is 15.4 Å². The Kier molecular flexibility index (Phi) is 9.35. The van der Waals surface area contributed by atoms with Crippen molar-refractivity contribution in [3.05, 3.63) is 0 Å². The summed E-state index contributed by atoms with van der Waals surface area (Å²) < 4.78 is 5.00. The minimum absolute atomic E-state index is 0.302. The van der Waals surface area contributed by atoms with Crippen LogP contribution in [0.4, 0.5) is 0 Å². The molecule has 3 heteroatoms. The Hall–Kier alpha value is -0.120. The first-order valence-electron chi connectivity index (χ1n) is 5.71. The van der Waals surface area contributed by atoms with E-state index in [1.54, 1.807) is 7.11 Å². The highest BCUT2D eigenvalue weighted by Gasteiger charge is 2.07. The first kappa shape index (κ1) is 13.9. The molecule has 86 valence electrons. The molecule has 1 unspecified atom stereocenters. The van der Waals surface area contributed by atoms with Gasteiger partial charge in [-0.2, -0.15) is 0 Å². The minimum Gasteiger partial charge on any atom is -0.385 e. The molecule has 0 radical (unpaired) electrons. The summed E-state index contributed by atoms with van der Waals surface area (Å²) in [7, 11) is 1.74. The smallest absolute Gasteiger partial charge is 0.0462 e. The molecule has 0 aromatic rings. The lowest BCUT2D eigenvalue weighted by atomic mass is 10.1. The molecule has 0 rings (SSSR count). The van der Waals surface area contributed by atoms with E-state index in [1.165, 1.54) is 6.42 Å². The molecular weight excluding hydrogens is 176 g/mol. The molecule has 0 heterocycles. The van der Waals surface area contributed by atoms with E-state index in [0.717, 1.165) is 39.1 Å². The summed E-state index contributed by atoms with van der Waals surface area (Å²) in [6, 6.07) is 0.302. The quantitative estimate of drug-likeness (QED) is 0.575. The third kappa shape index (κ3) is 7.30. The van der Waals surface area contributed by atoms with Crippen molar-refractivity contribution in [1.29, 1.82) is 0 Å². The molecule has 0 bridgehead atoms. The van der Waals surface area contributed by atoms with Gasteiger partial charge in [0.05, 0.1) is 0 Å². The molecule has 0 aliphatic heterocycles. The molecule has 0 aromatic heterocycles. The van der Waals surface area contributed by atoms with E-state index in [9.17, 15) is 0 Å². The van der Waals surface area contributed by atoms with Crippen molar-refractivity contribution in [3.63, 3.8) is 0 Å². The maximum Gasteiger partial charge on any atom is 0.0462 e. The average molecular weight is 202 g/mol. The van der Waals surface area contributed by atoms with Gasteiger partial charge >= 0.3 is 0 Å². The number of nitrogens with two attached hydrogens (primary N) is 1. The van der Waals surface area contributed by atoms with E-state index in [4.69, 9.17) is 10.5 Å². The molecule has 1 atom stereocenters. The fraction of sp³-hybridized carbons (Fsp3) is 1.00. The third-order valence-corrected chi connectivity index (χ3v) is 2.40. The van der Waals surface area contributed by atoms with Crippen LogP contribution in [-0.4, -0.2) is 44.3 Å². The summed E-state index contributed by atoms with van der Waals surface area (Å²) in [5.74, 6) is 0. The van der Waals surface area contributed by atoms with E-state index in [1.807, 2.05) is 0 Å². The Balaban J connectivity index is 3.51. The number of hydrogen-bond acceptors (Lipinski definition) is 3. The standard InChI is InChI=1S/C11H26N2O/c1-4-8-13(5-2)10-11(12)7-6-9-14-3/h11H,4-10,12H2,1-3H3. The predicted octanol–water partition coefficient (Wildman–Crippen LogP) is 1.47. The Bertz CT molecular complexity index is 120. The van der Waals surface area contributed by atoms with Crippen LogP contribution >= 0.6 is 0 Å². The van der Waals surface area contributed by atoms with Crippen molar-refractivity contribution >= 4 is 0 Å². The number of nitrogens with zero attached hydrogens (tertiary/aromatic N) is 1. The lowest BCUT2D eigenvalue weighted by Crippen LogP contribution is -2.38. The number of rotatable bonds is 9. The largest absolute Gasteiger partial charge is 0.385 e. The van der Waals surface area contributed by atoms with Gasteiger partial charge in [-0.15, -0.1) is 0 Å². The summed E-state index contributed by atoms with van der Waals surface area (Å²) in [6.45, 7) is 8.51. The van der Waals surface area contributed by atoms with Gasteiger partial charge in [-0.3, -0.25) is 0 Å². The monoisotopic (exact) mass is 202 g/mol. The topological polar surface area (TPSA) is 38.5 Å². The highest BCUT2D eigenvalue weighted by atomic mass is 16.5. The summed E-state index contributed by atoms with van der Waals surface area (Å²) in [6.07, 6.45) is 3.34. The van der Waals surface area contributed by atoms with Gasteiger partial charge in [-0.25, -0.2) is 0 Å². The Morgan fingerprint density at radius 3 is 2.57 bits per heavy atom. The van der Waals surface area contributed by atoms with E-state index in [2.05, 4.69) is 18.7 Å². The summed E-state index contributed by atoms with van der Waals surface area (Å²) in [5.41, 5.74) is 6.02. The van der Waals surface area contributed by atoms with Gasteiger partial charge in [0.2, 0.25) is 0 Å². The van der Waals surface area contributed by atoms with E-state index in [0.29, 0.717) is 6.04 Å². The van der Waals surface area contributed by atoms with E-state index < -0.39 is 0 Å². The van der Waals surface area contributed by atoms with Crippen LogP contribution in [0.1, 0.15) is 33.1 Å². The maximum atomic E-state index is 6.02. The highest BCUT2D eigenvalue weighted by molar-refractivity contribution is 4.67. The van der Waals surface area contributed by atoms with Crippen molar-refractivity contribution in [2.45, 2.75) is 39.2 Å². The van der Waals surface area contributed by atoms with Crippen LogP contribution in [0.15, 0.2) is 0 Å². The molecule has 0 spiro atoms. The van der Waals surface area contributed by atoms with Gasteiger partial charge in [-0.1, -0.05) is 13.8 Å². The van der Waals surface area contributed by atoms with Gasteiger partial charge in [0, 0.05) is 26.3 Å². The van der Waals surface area contributed by atoms with Gasteiger partial charge in [0.25, 0.3) is 0 Å². The normalized spacial score (nSPS) is 13.5. The summed E-state index contributed by atoms with van der Waals surface area (Å²) in [4.78, 5) is 2.41. The van der Waals surface area contributed by atoms with Crippen molar-refractivity contribution in [1.82, 2.24) is 4.90 Å². The van der Waals surface area contributed by atoms with Gasteiger partial charge in [0.15, 0.2) is 0 Å². The molecule has 0 aliphatic carbocycles. The van der Waals surface area contributed by atoms with E-state index >= 15 is 0 Å². The SMILES string of the molecule is CCCN(CC)CC(N)CCCOC. The van der Waals surface area contributed by atoms with Gasteiger partial charge in [0.1, 0.15) is 0 Å². The Morgan fingerprint density at radius 2 is 2.07 bits per heavy atom. The predicted molar refractivity (Wildman–Crippen MR) is 61.5 cm³/mol. The van der Waals surface area contributed by atoms with Crippen LogP contribution < -0.4 is 5.73 Å². The second kappa shape index (κ2) is 9.44. The summed E-state index contributed by atoms with van der Waals surface area (Å²) >= 11 is 0. The van der Waals surface area contributed by atoms with Crippen molar-refractivity contribution < 1.29 is 4.74 Å². The van der Waals surface area contributed by atoms with Crippen molar-refractivity contribution in [3.8, 4) is 0 Å². The van der Waals surface area contributed by atoms with E-state index in [-0.39, 0.29) is 0 Å². The number of methoxy groups -OCH3 is 1. The van der Waals surface area contributed by atoms with Crippen molar-refractivity contribution in [2.75, 3.05) is 33.4 Å². The van der Waals surface area contributed by atoms with Crippen molar-refractivity contribution in [2.24, 2.45) is 5.73 Å². The fourth-order valence-electron chi connectivity index (χ4n) is 1.61. The third-order valence-electron chi connectivity index (χ3n) is 2.40. The highest BCUT2D eigenvalue weighted by Crippen LogP contribution is 1.99. The van der Waals surface area contributed by atoms with Crippen LogP contribution in [-0.2, 0) is 4.74 Å². The first-order chi connectivity index (χ1) is 6.74. The molecule has 0 aromatic carbocycles. The number of hydrogen-bond donors (Lipinski definition) is 1. The fourth-order valence-corrected chi connectivity index (χ4v) is 1.61. The zero-order valence-corrected chi connectivity index (χ0v) is 9.96. The van der Waals surface area contributed by atoms with Gasteiger partial charge in [-0.05, 0) is 32.4 Å². The molecule has 2 N–H and O–H groups in total. The average Bonchev–Trinajstić information content (AvgIpc) is 2.17. The molecule has 0 saturated heterocycles. The van der Waals surface area contributed by atoms with Crippen LogP contribution in [0.3, 0.4) is 0 Å². The molecule has 0 saturated carbocycles. The minimum atomic E-state index is 0.302. The number of ether oxygens (including phenoxy) is 1. The van der Waals surface area contributed by atoms with Crippen LogP contribution in [0.5, 0.6) is 0 Å². The van der Waals surface area contributed by atoms with Crippen LogP contribution in [0, 0.1) is 0 Å². The number of likely N-dealkylation sites (N-methyl/N-ethyl adjacent to an activating group) is 1. The molecule has 0 fully saturated rings. The molecular formula is C11H26N2O. The Labute approximate surface area is 88.6 Å². The molecule has 0 aliphatic rings. The molecule has 0 amide bonds. The molecule has 14 heavy (non-hydrogen) atoms. The lowest BCUT2D eigenvalue weighted by molar-refractivity contribution is 0.185. The first-order valence-corrected chi connectivity index (χ1v) is 5.71. The summed E-state index contributed by atoms with van der Waals surface area (Å²) in [5, 5.41) is 0. The second-order valence-electron chi connectivity index (χ2n) is 3.79. The zero-order valence-electron chi connectivity index (χ0n) is 9.96. The Morgan fingerprint density at radius 1 is 1.36 bits per heavy atom. The lowest BCUT2D eigenvalue weighted by Gasteiger charge is -2.23. The van der Waals surface area contributed by atoms with Crippen LogP contribution in [0.2, 0.25) is 0 Å². The second-order valence-corrected chi connectivity index (χ2v) is 3.79. The van der Waals surface area contributed by atoms with Crippen LogP contribution in [0.25, 0.3) is 0 Å². The molecule has 3 nitrogen and oxygen atoms in total.